The van der Waals surface area contributed by atoms with Crippen molar-refractivity contribution in [2.24, 2.45) is 0 Å². The molecule has 0 aromatic carbocycles. The van der Waals surface area contributed by atoms with Crippen LogP contribution in [0.25, 0.3) is 0 Å². The molecule has 5 N–H and O–H groups in total. The predicted octanol–water partition coefficient (Wildman–Crippen LogP) is -0.944. The number of allylic oxidation sites excluding steroid dienone is 1. The summed E-state index contributed by atoms with van der Waals surface area (Å²) in [7, 11) is 1.37. The molecule has 0 aromatic rings. The van der Waals surface area contributed by atoms with Gasteiger partial charge >= 0.3 is 5.97 Å². The molecule has 1 unspecified atom stereocenters. The highest BCUT2D eigenvalue weighted by molar-refractivity contribution is 5.98. The van der Waals surface area contributed by atoms with Gasteiger partial charge in [0.1, 0.15) is 6.54 Å². The Kier molecular flexibility index (Phi) is 4.08. The lowest BCUT2D eigenvalue weighted by molar-refractivity contribution is -0.135. The second-order valence-electron chi connectivity index (χ2n) is 3.97. The van der Waals surface area contributed by atoms with Gasteiger partial charge in [0.2, 0.25) is 0 Å². The minimum atomic E-state index is -1.43. The number of carbonyl (C=O) groups is 1. The smallest absolute Gasteiger partial charge is 0.322 e. The van der Waals surface area contributed by atoms with E-state index < -0.39 is 18.2 Å². The van der Waals surface area contributed by atoms with Crippen molar-refractivity contribution in [3.8, 4) is 0 Å². The molecule has 0 saturated carbocycles. The Balaban J connectivity index is 2.92. The van der Waals surface area contributed by atoms with Gasteiger partial charge in [-0.05, 0) is 0 Å². The molecular formula is C10H16N2O5. The molecule has 7 heteroatoms. The van der Waals surface area contributed by atoms with Gasteiger partial charge in [0.25, 0.3) is 0 Å². The molecular weight excluding hydrogens is 228 g/mol. The summed E-state index contributed by atoms with van der Waals surface area (Å²) in [5.74, 6) is -0.832. The first-order valence-electron chi connectivity index (χ1n) is 5.05. The highest BCUT2D eigenvalue weighted by Gasteiger charge is 2.37. The van der Waals surface area contributed by atoms with Crippen molar-refractivity contribution in [3.05, 3.63) is 11.5 Å². The van der Waals surface area contributed by atoms with Crippen molar-refractivity contribution in [1.82, 2.24) is 5.32 Å². The number of aliphatic hydroxyl groups excluding tert-OH is 1. The zero-order valence-corrected chi connectivity index (χ0v) is 9.49. The van der Waals surface area contributed by atoms with Gasteiger partial charge in [0, 0.05) is 12.8 Å². The van der Waals surface area contributed by atoms with Crippen LogP contribution in [0, 0.1) is 5.41 Å². The maximum atomic E-state index is 10.5. The van der Waals surface area contributed by atoms with Gasteiger partial charge in [-0.15, -0.1) is 0 Å². The largest absolute Gasteiger partial charge is 0.493 e. The minimum absolute atomic E-state index is 0.0229. The number of carboxylic acid groups (broad SMARTS) is 1. The lowest BCUT2D eigenvalue weighted by Crippen LogP contribution is -2.43. The summed E-state index contributed by atoms with van der Waals surface area (Å²) in [5.41, 5.74) is -1.08. The molecule has 0 saturated heterocycles. The minimum Gasteiger partial charge on any atom is -0.493 e. The maximum absolute atomic E-state index is 10.5. The fourth-order valence-corrected chi connectivity index (χ4v) is 1.75. The number of rotatable bonds is 5. The highest BCUT2D eigenvalue weighted by Crippen LogP contribution is 2.29. The first-order valence-corrected chi connectivity index (χ1v) is 5.05. The first kappa shape index (κ1) is 13.5. The first-order chi connectivity index (χ1) is 7.91. The molecule has 17 heavy (non-hydrogen) atoms. The Hall–Kier alpha value is -1.60. The van der Waals surface area contributed by atoms with Crippen molar-refractivity contribution in [2.45, 2.75) is 18.4 Å². The van der Waals surface area contributed by atoms with Crippen LogP contribution in [0.3, 0.4) is 0 Å². The molecule has 1 rings (SSSR count). The Labute approximate surface area is 98.2 Å². The lowest BCUT2D eigenvalue weighted by atomic mass is 9.85. The number of aliphatic carboxylic acids is 1. The number of aliphatic hydroxyl groups is 2. The van der Waals surface area contributed by atoms with Crippen molar-refractivity contribution in [2.75, 3.05) is 20.3 Å². The van der Waals surface area contributed by atoms with Crippen LogP contribution in [0.5, 0.6) is 0 Å². The molecule has 0 spiro atoms. The van der Waals surface area contributed by atoms with Crippen molar-refractivity contribution in [3.63, 3.8) is 0 Å². The number of nitrogens with one attached hydrogen (secondary N) is 2. The zero-order valence-electron chi connectivity index (χ0n) is 9.49. The van der Waals surface area contributed by atoms with Gasteiger partial charge in [-0.25, -0.2) is 0 Å². The van der Waals surface area contributed by atoms with E-state index in [0.717, 1.165) is 0 Å². The Bertz CT molecular complexity index is 366. The molecule has 96 valence electrons. The summed E-state index contributed by atoms with van der Waals surface area (Å²) < 4.78 is 4.99. The average molecular weight is 244 g/mol. The molecule has 0 radical (unpaired) electrons. The van der Waals surface area contributed by atoms with Crippen molar-refractivity contribution in [1.29, 1.82) is 5.41 Å². The topological polar surface area (TPSA) is 123 Å². The quantitative estimate of drug-likeness (QED) is 0.425. The third-order valence-corrected chi connectivity index (χ3v) is 2.51. The summed E-state index contributed by atoms with van der Waals surface area (Å²) in [6.45, 7) is -0.832. The second kappa shape index (κ2) is 5.15. The van der Waals surface area contributed by atoms with Crippen molar-refractivity contribution >= 4 is 11.7 Å². The monoisotopic (exact) mass is 244 g/mol. The van der Waals surface area contributed by atoms with E-state index in [1.807, 2.05) is 0 Å². The average Bonchev–Trinajstić information content (AvgIpc) is 2.26. The van der Waals surface area contributed by atoms with E-state index in [-0.39, 0.29) is 30.9 Å². The Morgan fingerprint density at radius 1 is 1.59 bits per heavy atom. The molecule has 1 aliphatic rings. The summed E-state index contributed by atoms with van der Waals surface area (Å²) in [5, 5.41) is 37.8. The molecule has 0 fully saturated rings. The van der Waals surface area contributed by atoms with Crippen LogP contribution in [0.4, 0.5) is 0 Å². The summed E-state index contributed by atoms with van der Waals surface area (Å²) >= 11 is 0. The van der Waals surface area contributed by atoms with Crippen molar-refractivity contribution < 1.29 is 24.9 Å². The third-order valence-electron chi connectivity index (χ3n) is 2.51. The SMILES string of the molecule is COC1=C(NCC(=O)O)CC(O)(CO)CC1=N. The van der Waals surface area contributed by atoms with Gasteiger partial charge in [0.05, 0.1) is 30.7 Å². The van der Waals surface area contributed by atoms with E-state index >= 15 is 0 Å². The van der Waals surface area contributed by atoms with Gasteiger partial charge in [-0.1, -0.05) is 0 Å². The van der Waals surface area contributed by atoms with E-state index in [2.05, 4.69) is 5.32 Å². The van der Waals surface area contributed by atoms with Gasteiger partial charge in [-0.2, -0.15) is 0 Å². The number of hydrogen-bond acceptors (Lipinski definition) is 6. The number of ether oxygens (including phenoxy) is 1. The zero-order chi connectivity index (χ0) is 13.1. The van der Waals surface area contributed by atoms with Gasteiger partial charge in [-0.3, -0.25) is 4.79 Å². The van der Waals surface area contributed by atoms with Crippen LogP contribution in [-0.4, -0.2) is 52.9 Å². The fraction of sp³-hybridized carbons (Fsp3) is 0.600. The molecule has 1 aliphatic carbocycles. The molecule has 0 bridgehead atoms. The summed E-state index contributed by atoms with van der Waals surface area (Å²) in [6, 6.07) is 0. The van der Waals surface area contributed by atoms with E-state index in [0.29, 0.717) is 5.70 Å². The van der Waals surface area contributed by atoms with Crippen LogP contribution < -0.4 is 5.32 Å². The number of methoxy groups -OCH3 is 1. The summed E-state index contributed by atoms with van der Waals surface area (Å²) in [4.78, 5) is 10.5. The van der Waals surface area contributed by atoms with E-state index in [4.69, 9.17) is 20.4 Å². The highest BCUT2D eigenvalue weighted by atomic mass is 16.5. The van der Waals surface area contributed by atoms with E-state index in [1.165, 1.54) is 7.11 Å². The standard InChI is InChI=1S/C10H16N2O5/c1-17-9-6(11)2-10(16,5-13)3-7(9)12-4-8(14)15/h11-13,16H,2-5H2,1H3,(H,14,15). The van der Waals surface area contributed by atoms with Crippen LogP contribution >= 0.6 is 0 Å². The lowest BCUT2D eigenvalue weighted by Gasteiger charge is -2.33. The normalized spacial score (nSPS) is 24.8. The Morgan fingerprint density at radius 2 is 2.24 bits per heavy atom. The van der Waals surface area contributed by atoms with Crippen LogP contribution in [0.2, 0.25) is 0 Å². The Morgan fingerprint density at radius 3 is 2.71 bits per heavy atom. The summed E-state index contributed by atoms with van der Waals surface area (Å²) in [6.07, 6.45) is 0.00720. The number of hydrogen-bond donors (Lipinski definition) is 5. The molecule has 7 nitrogen and oxygen atoms in total. The second-order valence-corrected chi connectivity index (χ2v) is 3.97. The molecule has 1 atom stereocenters. The molecule has 0 amide bonds. The van der Waals surface area contributed by atoms with Crippen LogP contribution in [0.15, 0.2) is 11.5 Å². The molecule has 0 aliphatic heterocycles. The third kappa shape index (κ3) is 3.18. The molecule has 0 heterocycles. The van der Waals surface area contributed by atoms with Gasteiger partial charge < -0.3 is 30.8 Å². The number of carboxylic acids is 1. The fourth-order valence-electron chi connectivity index (χ4n) is 1.75. The van der Waals surface area contributed by atoms with E-state index in [9.17, 15) is 9.90 Å². The van der Waals surface area contributed by atoms with Crippen LogP contribution in [0.1, 0.15) is 12.8 Å². The maximum Gasteiger partial charge on any atom is 0.322 e. The van der Waals surface area contributed by atoms with Crippen LogP contribution in [-0.2, 0) is 9.53 Å². The predicted molar refractivity (Wildman–Crippen MR) is 58.7 cm³/mol. The molecule has 0 aromatic heterocycles. The van der Waals surface area contributed by atoms with Gasteiger partial charge in [0.15, 0.2) is 5.76 Å². The van der Waals surface area contributed by atoms with E-state index in [1.54, 1.807) is 0 Å².